The van der Waals surface area contributed by atoms with Crippen LogP contribution in [0.15, 0.2) is 36.4 Å². The first-order chi connectivity index (χ1) is 19.5. The van der Waals surface area contributed by atoms with Crippen LogP contribution in [0.1, 0.15) is 57.9 Å². The number of nitrogens with two attached hydrogens (primary N) is 2. The fourth-order valence-electron chi connectivity index (χ4n) is 4.42. The molecule has 1 heterocycles. The quantitative estimate of drug-likeness (QED) is 0.131. The lowest BCUT2D eigenvalue weighted by atomic mass is 9.99. The minimum atomic E-state index is -1.08. The van der Waals surface area contributed by atoms with Crippen LogP contribution in [-0.2, 0) is 30.6 Å². The van der Waals surface area contributed by atoms with Crippen LogP contribution in [0.25, 0.3) is 0 Å². The van der Waals surface area contributed by atoms with E-state index in [-0.39, 0.29) is 56.2 Å². The molecule has 0 fully saturated rings. The smallest absolute Gasteiger partial charge is 0.312 e. The molecule has 7 amide bonds. The number of carbonyl (C=O) groups excluding carboxylic acids is 6. The Morgan fingerprint density at radius 1 is 0.951 bits per heavy atom. The van der Waals surface area contributed by atoms with Crippen molar-refractivity contribution in [2.24, 2.45) is 17.4 Å². The molecule has 0 saturated heterocycles. The molecule has 0 spiro atoms. The number of aliphatic hydroxyl groups is 1. The van der Waals surface area contributed by atoms with Crippen molar-refractivity contribution in [3.63, 3.8) is 0 Å². The lowest BCUT2D eigenvalue weighted by Gasteiger charge is -2.34. The van der Waals surface area contributed by atoms with Crippen LogP contribution in [0.2, 0.25) is 0 Å². The van der Waals surface area contributed by atoms with Gasteiger partial charge in [0.05, 0.1) is 6.61 Å². The van der Waals surface area contributed by atoms with Gasteiger partial charge in [0.25, 0.3) is 17.7 Å². The number of nitrogens with zero attached hydrogens (tertiary/aromatic N) is 2. The number of hydrogen-bond donors (Lipinski definition) is 5. The summed E-state index contributed by atoms with van der Waals surface area (Å²) < 4.78 is 0. The third kappa shape index (κ3) is 10.0. The third-order valence-corrected chi connectivity index (χ3v) is 6.66. The number of unbranched alkanes of at least 4 members (excludes halogenated alkanes) is 2. The third-order valence-electron chi connectivity index (χ3n) is 6.66. The molecule has 1 aromatic rings. The van der Waals surface area contributed by atoms with Crippen LogP contribution in [0.4, 0.5) is 10.5 Å². The fraction of sp³-hybridized carbons (Fsp3) is 0.500. The molecule has 0 aliphatic carbocycles. The number of nitrogens with one attached hydrogen (secondary N) is 2. The highest BCUT2D eigenvalue weighted by Gasteiger charge is 2.36. The second-order valence-electron chi connectivity index (χ2n) is 10.1. The molecule has 1 aliphatic heterocycles. The van der Waals surface area contributed by atoms with E-state index in [1.807, 2.05) is 0 Å². The number of imide groups is 1. The highest BCUT2D eigenvalue weighted by molar-refractivity contribution is 6.12. The number of urea groups is 1. The number of benzene rings is 1. The van der Waals surface area contributed by atoms with Crippen molar-refractivity contribution in [3.05, 3.63) is 42.0 Å². The molecular formula is C28H40N6O7. The molecule has 13 heteroatoms. The maximum Gasteiger partial charge on any atom is 0.312 e. The van der Waals surface area contributed by atoms with Crippen LogP contribution < -0.4 is 27.0 Å². The average Bonchev–Trinajstić information content (AvgIpc) is 3.24. The van der Waals surface area contributed by atoms with Gasteiger partial charge in [-0.05, 0) is 49.3 Å². The van der Waals surface area contributed by atoms with Gasteiger partial charge in [-0.25, -0.2) is 4.79 Å². The fourth-order valence-corrected chi connectivity index (χ4v) is 4.42. The predicted octanol–water partition coefficient (Wildman–Crippen LogP) is 0.441. The highest BCUT2D eigenvalue weighted by atomic mass is 16.3. The van der Waals surface area contributed by atoms with Crippen molar-refractivity contribution in [3.8, 4) is 0 Å². The number of aliphatic hydroxyl groups excluding tert-OH is 1. The van der Waals surface area contributed by atoms with E-state index in [4.69, 9.17) is 11.5 Å². The van der Waals surface area contributed by atoms with Crippen LogP contribution >= 0.6 is 0 Å². The van der Waals surface area contributed by atoms with Gasteiger partial charge in [-0.3, -0.25) is 33.8 Å². The molecule has 2 atom stereocenters. The zero-order valence-corrected chi connectivity index (χ0v) is 23.5. The number of carbonyl (C=O) groups is 6. The van der Waals surface area contributed by atoms with E-state index in [0.29, 0.717) is 36.9 Å². The molecule has 224 valence electrons. The van der Waals surface area contributed by atoms with Crippen LogP contribution in [0, 0.1) is 5.92 Å². The van der Waals surface area contributed by atoms with Gasteiger partial charge in [0.15, 0.2) is 0 Å². The summed E-state index contributed by atoms with van der Waals surface area (Å²) in [5.74, 6) is -2.68. The first-order valence-corrected chi connectivity index (χ1v) is 13.6. The summed E-state index contributed by atoms with van der Waals surface area (Å²) in [5.41, 5.74) is 11.8. The molecule has 13 nitrogen and oxygen atoms in total. The first-order valence-electron chi connectivity index (χ1n) is 13.6. The SMILES string of the molecule is CC(C)[C@H](NC(=O)CCCCCN1C(=O)C=CC1=O)C(=O)N(c1ccc(CO)cc1)[C@@H](CCCNC(N)=O)C(N)=O. The minimum Gasteiger partial charge on any atom is -0.392 e. The van der Waals surface area contributed by atoms with Gasteiger partial charge in [-0.15, -0.1) is 0 Å². The molecule has 1 aromatic carbocycles. The predicted molar refractivity (Wildman–Crippen MR) is 151 cm³/mol. The number of rotatable bonds is 17. The Kier molecular flexibility index (Phi) is 12.9. The van der Waals surface area contributed by atoms with Gasteiger partial charge >= 0.3 is 6.03 Å². The van der Waals surface area contributed by atoms with Gasteiger partial charge in [0.1, 0.15) is 12.1 Å². The molecule has 0 saturated carbocycles. The minimum absolute atomic E-state index is 0.124. The lowest BCUT2D eigenvalue weighted by Crippen LogP contribution is -2.57. The van der Waals surface area contributed by atoms with E-state index in [9.17, 15) is 33.9 Å². The Morgan fingerprint density at radius 2 is 1.59 bits per heavy atom. The Labute approximate surface area is 239 Å². The number of anilines is 1. The lowest BCUT2D eigenvalue weighted by molar-refractivity contribution is -0.137. The van der Waals surface area contributed by atoms with Gasteiger partial charge in [-0.1, -0.05) is 32.4 Å². The molecule has 0 radical (unpaired) electrons. The van der Waals surface area contributed by atoms with E-state index < -0.39 is 29.9 Å². The summed E-state index contributed by atoms with van der Waals surface area (Å²) in [6.45, 7) is 3.77. The zero-order chi connectivity index (χ0) is 30.5. The maximum atomic E-state index is 13.9. The Balaban J connectivity index is 2.11. The Hall–Kier alpha value is -4.26. The van der Waals surface area contributed by atoms with Crippen molar-refractivity contribution in [2.45, 2.75) is 71.1 Å². The molecule has 2 rings (SSSR count). The molecule has 1 aliphatic rings. The summed E-state index contributed by atoms with van der Waals surface area (Å²) in [6, 6.07) is 3.63. The largest absolute Gasteiger partial charge is 0.392 e. The first kappa shape index (κ1) is 32.9. The average molecular weight is 573 g/mol. The molecular weight excluding hydrogens is 532 g/mol. The summed E-state index contributed by atoms with van der Waals surface area (Å²) in [6.07, 6.45) is 4.63. The monoisotopic (exact) mass is 572 g/mol. The molecule has 0 bridgehead atoms. The second-order valence-corrected chi connectivity index (χ2v) is 10.1. The van der Waals surface area contributed by atoms with E-state index in [2.05, 4.69) is 10.6 Å². The van der Waals surface area contributed by atoms with Crippen molar-refractivity contribution in [2.75, 3.05) is 18.0 Å². The van der Waals surface area contributed by atoms with Crippen molar-refractivity contribution in [1.82, 2.24) is 15.5 Å². The summed E-state index contributed by atoms with van der Waals surface area (Å²) in [4.78, 5) is 76.0. The van der Waals surface area contributed by atoms with Gasteiger partial charge in [-0.2, -0.15) is 0 Å². The van der Waals surface area contributed by atoms with Crippen molar-refractivity contribution >= 4 is 41.3 Å². The molecule has 0 unspecified atom stereocenters. The Morgan fingerprint density at radius 3 is 2.12 bits per heavy atom. The normalized spacial score (nSPS) is 14.2. The second kappa shape index (κ2) is 16.1. The van der Waals surface area contributed by atoms with Crippen LogP contribution in [0.5, 0.6) is 0 Å². The van der Waals surface area contributed by atoms with Crippen LogP contribution in [0.3, 0.4) is 0 Å². The van der Waals surface area contributed by atoms with Crippen molar-refractivity contribution in [1.29, 1.82) is 0 Å². The van der Waals surface area contributed by atoms with Gasteiger partial charge in [0.2, 0.25) is 11.8 Å². The van der Waals surface area contributed by atoms with Crippen LogP contribution in [-0.4, -0.2) is 70.7 Å². The topological polar surface area (TPSA) is 205 Å². The van der Waals surface area contributed by atoms with E-state index in [1.54, 1.807) is 38.1 Å². The number of primary amides is 2. The zero-order valence-electron chi connectivity index (χ0n) is 23.5. The summed E-state index contributed by atoms with van der Waals surface area (Å²) >= 11 is 0. The number of amides is 7. The van der Waals surface area contributed by atoms with E-state index in [1.165, 1.54) is 17.1 Å². The van der Waals surface area contributed by atoms with Gasteiger partial charge in [0, 0.05) is 37.3 Å². The standard InChI is InChI=1S/C28H40N6O7/c1-18(2)25(32-22(36)8-4-3-5-16-33-23(37)13-14-24(33)38)27(40)34(20-11-9-19(17-35)10-12-20)21(26(29)39)7-6-15-31-28(30)41/h9-14,18,21,25,35H,3-8,15-17H2,1-2H3,(H2,29,39)(H,32,36)(H3,30,31,41)/t21-,25-/m0/s1. The highest BCUT2D eigenvalue weighted by Crippen LogP contribution is 2.23. The van der Waals surface area contributed by atoms with Crippen molar-refractivity contribution < 1.29 is 33.9 Å². The van der Waals surface area contributed by atoms with E-state index in [0.717, 1.165) is 4.90 Å². The molecule has 7 N–H and O–H groups in total. The number of hydrogen-bond acceptors (Lipinski definition) is 7. The Bertz CT molecular complexity index is 1120. The molecule has 41 heavy (non-hydrogen) atoms. The van der Waals surface area contributed by atoms with Gasteiger partial charge < -0.3 is 27.2 Å². The molecule has 0 aromatic heterocycles. The summed E-state index contributed by atoms with van der Waals surface area (Å²) in [5, 5.41) is 14.6. The van der Waals surface area contributed by atoms with E-state index >= 15 is 0 Å². The summed E-state index contributed by atoms with van der Waals surface area (Å²) in [7, 11) is 0. The maximum absolute atomic E-state index is 13.9.